The summed E-state index contributed by atoms with van der Waals surface area (Å²) in [5.74, 6) is -6.88. The minimum atomic E-state index is -2.00. The fourth-order valence-electron chi connectivity index (χ4n) is 3.77. The van der Waals surface area contributed by atoms with Crippen LogP contribution in [0.5, 0.6) is 0 Å². The number of ketones is 2. The zero-order valence-electron chi connectivity index (χ0n) is 15.2. The van der Waals surface area contributed by atoms with Crippen LogP contribution in [0.2, 0.25) is 0 Å². The normalized spacial score (nSPS) is 17.7. The van der Waals surface area contributed by atoms with Crippen LogP contribution in [0, 0.1) is 28.1 Å². The van der Waals surface area contributed by atoms with Gasteiger partial charge in [-0.2, -0.15) is 0 Å². The summed E-state index contributed by atoms with van der Waals surface area (Å²) in [5, 5.41) is 19.5. The second-order valence-corrected chi connectivity index (χ2v) is 8.19. The first kappa shape index (κ1) is 21.3. The maximum Gasteiger partial charge on any atom is 0.318 e. The third-order valence-electron chi connectivity index (χ3n) is 4.51. The second kappa shape index (κ2) is 6.42. The monoisotopic (exact) mass is 328 g/mol. The van der Waals surface area contributed by atoms with Crippen LogP contribution in [-0.2, 0) is 19.2 Å². The van der Waals surface area contributed by atoms with E-state index in [4.69, 9.17) is 0 Å². The molecule has 0 radical (unpaired) electrons. The van der Waals surface area contributed by atoms with Gasteiger partial charge in [-0.05, 0) is 24.7 Å². The fraction of sp³-hybridized carbons (Fsp3) is 0.765. The first-order chi connectivity index (χ1) is 10.0. The van der Waals surface area contributed by atoms with Crippen molar-refractivity contribution in [2.75, 3.05) is 0 Å². The van der Waals surface area contributed by atoms with Crippen LogP contribution >= 0.6 is 0 Å². The van der Waals surface area contributed by atoms with Gasteiger partial charge in [-0.3, -0.25) is 19.2 Å². The smallest absolute Gasteiger partial charge is 0.318 e. The van der Waals surface area contributed by atoms with Crippen molar-refractivity contribution in [3.05, 3.63) is 0 Å². The summed E-state index contributed by atoms with van der Waals surface area (Å²) in [6, 6.07) is 0. The molecular weight excluding hydrogens is 300 g/mol. The highest BCUT2D eigenvalue weighted by Crippen LogP contribution is 2.55. The van der Waals surface area contributed by atoms with Gasteiger partial charge in [0.1, 0.15) is 22.9 Å². The number of carbonyl (C=O) groups is 4. The highest BCUT2D eigenvalue weighted by atomic mass is 16.4. The van der Waals surface area contributed by atoms with Crippen LogP contribution in [0.25, 0.3) is 0 Å². The number of aliphatic carboxylic acids is 2. The van der Waals surface area contributed by atoms with Crippen molar-refractivity contribution in [1.29, 1.82) is 0 Å². The predicted molar refractivity (Wildman–Crippen MR) is 85.0 cm³/mol. The van der Waals surface area contributed by atoms with Crippen molar-refractivity contribution >= 4 is 23.5 Å². The molecule has 0 rings (SSSR count). The molecule has 0 aromatic carbocycles. The van der Waals surface area contributed by atoms with E-state index in [-0.39, 0.29) is 0 Å². The molecule has 0 amide bonds. The zero-order valence-corrected chi connectivity index (χ0v) is 15.2. The Labute approximate surface area is 137 Å². The van der Waals surface area contributed by atoms with E-state index in [0.29, 0.717) is 0 Å². The van der Waals surface area contributed by atoms with Gasteiger partial charge in [0.25, 0.3) is 0 Å². The number of Topliss-reactive ketones (excluding diaryl/α,β-unsaturated/α-hetero) is 2. The van der Waals surface area contributed by atoms with Gasteiger partial charge in [-0.15, -0.1) is 0 Å². The molecule has 6 heteroatoms. The molecule has 0 aliphatic carbocycles. The van der Waals surface area contributed by atoms with Crippen molar-refractivity contribution in [3.63, 3.8) is 0 Å². The lowest BCUT2D eigenvalue weighted by molar-refractivity contribution is -0.181. The van der Waals surface area contributed by atoms with Gasteiger partial charge >= 0.3 is 11.9 Å². The Bertz CT molecular complexity index is 490. The maximum absolute atomic E-state index is 12.5. The number of rotatable bonds is 6. The Hall–Kier alpha value is -1.72. The topological polar surface area (TPSA) is 109 Å². The van der Waals surface area contributed by atoms with E-state index in [1.807, 2.05) is 0 Å². The molecule has 0 saturated carbocycles. The van der Waals surface area contributed by atoms with Gasteiger partial charge in [0.15, 0.2) is 0 Å². The lowest BCUT2D eigenvalue weighted by atomic mass is 9.48. The molecule has 0 saturated heterocycles. The van der Waals surface area contributed by atoms with E-state index in [0.717, 1.165) is 13.8 Å². The maximum atomic E-state index is 12.5. The average Bonchev–Trinajstić information content (AvgIpc) is 2.22. The molecule has 0 fully saturated rings. The molecular formula is C17H28O6. The van der Waals surface area contributed by atoms with E-state index in [9.17, 15) is 29.4 Å². The standard InChI is InChI=1S/C17H28O6/c1-9(18)11(13(20)21)12(15(3,4)5)17(10(2)19,14(22)23)16(6,7)8/h11-12H,1-8H3,(H,20,21)(H,22,23). The molecule has 3 atom stereocenters. The molecule has 6 nitrogen and oxygen atoms in total. The van der Waals surface area contributed by atoms with Crippen LogP contribution in [0.15, 0.2) is 0 Å². The first-order valence-corrected chi connectivity index (χ1v) is 7.50. The molecule has 0 aliphatic rings. The van der Waals surface area contributed by atoms with E-state index in [1.165, 1.54) is 0 Å². The van der Waals surface area contributed by atoms with Crippen LogP contribution < -0.4 is 0 Å². The number of hydrogen-bond acceptors (Lipinski definition) is 4. The second-order valence-electron chi connectivity index (χ2n) is 8.19. The number of carboxylic acid groups (broad SMARTS) is 2. The van der Waals surface area contributed by atoms with Crippen molar-refractivity contribution in [2.24, 2.45) is 28.1 Å². The first-order valence-electron chi connectivity index (χ1n) is 7.50. The lowest BCUT2D eigenvalue weighted by Crippen LogP contribution is -2.61. The quantitative estimate of drug-likeness (QED) is 0.726. The molecule has 3 unspecified atom stereocenters. The Balaban J connectivity index is 6.99. The molecule has 0 aliphatic heterocycles. The van der Waals surface area contributed by atoms with Crippen LogP contribution in [0.3, 0.4) is 0 Å². The molecule has 23 heavy (non-hydrogen) atoms. The zero-order chi connectivity index (χ0) is 19.0. The summed E-state index contributed by atoms with van der Waals surface area (Å²) in [6.07, 6.45) is 0. The van der Waals surface area contributed by atoms with E-state index in [2.05, 4.69) is 0 Å². The van der Waals surface area contributed by atoms with Gasteiger partial charge in [-0.25, -0.2) is 0 Å². The molecule has 132 valence electrons. The third kappa shape index (κ3) is 3.62. The van der Waals surface area contributed by atoms with Gasteiger partial charge < -0.3 is 10.2 Å². The molecule has 0 bridgehead atoms. The molecule has 0 aromatic rings. The molecule has 0 aromatic heterocycles. The van der Waals surface area contributed by atoms with Gasteiger partial charge in [0, 0.05) is 5.92 Å². The summed E-state index contributed by atoms with van der Waals surface area (Å²) >= 11 is 0. The van der Waals surface area contributed by atoms with Gasteiger partial charge in [-0.1, -0.05) is 41.5 Å². The van der Waals surface area contributed by atoms with Crippen LogP contribution in [0.1, 0.15) is 55.4 Å². The predicted octanol–water partition coefficient (Wildman–Crippen LogP) is 2.64. The Morgan fingerprint density at radius 2 is 1.22 bits per heavy atom. The average molecular weight is 328 g/mol. The summed E-state index contributed by atoms with van der Waals surface area (Å²) in [7, 11) is 0. The molecule has 2 N–H and O–H groups in total. The van der Waals surface area contributed by atoms with E-state index >= 15 is 0 Å². The van der Waals surface area contributed by atoms with Crippen LogP contribution in [0.4, 0.5) is 0 Å². The number of hydrogen-bond donors (Lipinski definition) is 2. The van der Waals surface area contributed by atoms with Crippen LogP contribution in [-0.4, -0.2) is 33.7 Å². The van der Waals surface area contributed by atoms with E-state index < -0.39 is 51.6 Å². The molecule has 0 heterocycles. The minimum absolute atomic E-state index is 0.648. The fourth-order valence-corrected chi connectivity index (χ4v) is 3.77. The van der Waals surface area contributed by atoms with Crippen molar-refractivity contribution in [1.82, 2.24) is 0 Å². The third-order valence-corrected chi connectivity index (χ3v) is 4.51. The summed E-state index contributed by atoms with van der Waals surface area (Å²) in [5.41, 5.74) is -3.97. The van der Waals surface area contributed by atoms with Crippen molar-refractivity contribution in [2.45, 2.75) is 55.4 Å². The van der Waals surface area contributed by atoms with E-state index in [1.54, 1.807) is 41.5 Å². The SMILES string of the molecule is CC(=O)C(C(=O)O)C(C(C)(C)C)C(C(C)=O)(C(=O)O)C(C)(C)C. The Morgan fingerprint density at radius 1 is 0.826 bits per heavy atom. The largest absolute Gasteiger partial charge is 0.481 e. The number of carboxylic acids is 2. The Morgan fingerprint density at radius 3 is 1.35 bits per heavy atom. The molecule has 0 spiro atoms. The highest BCUT2D eigenvalue weighted by molar-refractivity contribution is 6.06. The highest BCUT2D eigenvalue weighted by Gasteiger charge is 2.64. The summed E-state index contributed by atoms with van der Waals surface area (Å²) in [6.45, 7) is 12.0. The number of carbonyl (C=O) groups excluding carboxylic acids is 2. The Kier molecular flexibility index (Phi) is 5.94. The lowest BCUT2D eigenvalue weighted by Gasteiger charge is -2.51. The van der Waals surface area contributed by atoms with Crippen molar-refractivity contribution in [3.8, 4) is 0 Å². The summed E-state index contributed by atoms with van der Waals surface area (Å²) in [4.78, 5) is 48.5. The van der Waals surface area contributed by atoms with Gasteiger partial charge in [0.2, 0.25) is 0 Å². The summed E-state index contributed by atoms with van der Waals surface area (Å²) < 4.78 is 0. The van der Waals surface area contributed by atoms with Crippen molar-refractivity contribution < 1.29 is 29.4 Å². The van der Waals surface area contributed by atoms with Gasteiger partial charge in [0.05, 0.1) is 0 Å². The minimum Gasteiger partial charge on any atom is -0.481 e.